The zero-order valence-corrected chi connectivity index (χ0v) is 10.6. The van der Waals surface area contributed by atoms with Crippen LogP contribution in [0, 0.1) is 0 Å². The lowest BCUT2D eigenvalue weighted by Gasteiger charge is -2.18. The molecule has 4 nitrogen and oxygen atoms in total. The predicted octanol–water partition coefficient (Wildman–Crippen LogP) is 2.38. The molecule has 0 fully saturated rings. The van der Waals surface area contributed by atoms with Crippen molar-refractivity contribution in [2.24, 2.45) is 0 Å². The van der Waals surface area contributed by atoms with Crippen molar-refractivity contribution >= 4 is 26.0 Å². The average Bonchev–Trinajstić information content (AvgIpc) is 2.11. The minimum absolute atomic E-state index is 0.152. The number of alkyl halides is 3. The van der Waals surface area contributed by atoms with Crippen molar-refractivity contribution in [2.45, 2.75) is 12.1 Å². The molecule has 0 spiro atoms. The Morgan fingerprint density at radius 1 is 1.41 bits per heavy atom. The highest BCUT2D eigenvalue weighted by molar-refractivity contribution is 9.10. The van der Waals surface area contributed by atoms with E-state index in [9.17, 15) is 21.6 Å². The van der Waals surface area contributed by atoms with Crippen LogP contribution in [0.3, 0.4) is 0 Å². The highest BCUT2D eigenvalue weighted by Gasteiger charge is 2.44. The van der Waals surface area contributed by atoms with Crippen LogP contribution < -0.4 is 0 Å². The zero-order valence-electron chi connectivity index (χ0n) is 8.15. The lowest BCUT2D eigenvalue weighted by atomic mass is 10.1. The Kier molecular flexibility index (Phi) is 4.15. The fourth-order valence-electron chi connectivity index (χ4n) is 1.18. The van der Waals surface area contributed by atoms with Crippen LogP contribution in [0.1, 0.15) is 11.6 Å². The standard InChI is InChI=1S/C8H7BrF3NO3S/c9-7-3-1-2-6(13-7)5(8(10,11)12)4-17(14,15)16/h1-3,5H,4H2,(H,14,15,16). The van der Waals surface area contributed by atoms with E-state index in [0.717, 1.165) is 6.07 Å². The van der Waals surface area contributed by atoms with E-state index in [1.54, 1.807) is 0 Å². The molecule has 0 radical (unpaired) electrons. The van der Waals surface area contributed by atoms with Crippen LogP contribution in [0.5, 0.6) is 0 Å². The van der Waals surface area contributed by atoms with Gasteiger partial charge in [-0.3, -0.25) is 4.55 Å². The molecule has 0 aliphatic rings. The first-order chi connectivity index (χ1) is 7.59. The van der Waals surface area contributed by atoms with Gasteiger partial charge in [-0.1, -0.05) is 6.07 Å². The molecular weight excluding hydrogens is 327 g/mol. The van der Waals surface area contributed by atoms with Crippen LogP contribution in [0.15, 0.2) is 22.8 Å². The Morgan fingerprint density at radius 3 is 2.41 bits per heavy atom. The van der Waals surface area contributed by atoms with Gasteiger partial charge in [0.05, 0.1) is 11.4 Å². The normalized spacial score (nSPS) is 14.6. The zero-order chi connectivity index (χ0) is 13.3. The van der Waals surface area contributed by atoms with Crippen LogP contribution in [0.4, 0.5) is 13.2 Å². The van der Waals surface area contributed by atoms with E-state index in [1.165, 1.54) is 12.1 Å². The Morgan fingerprint density at radius 2 is 2.00 bits per heavy atom. The first-order valence-corrected chi connectivity index (χ1v) is 6.64. The monoisotopic (exact) mass is 333 g/mol. The van der Waals surface area contributed by atoms with Crippen molar-refractivity contribution in [3.63, 3.8) is 0 Å². The average molecular weight is 334 g/mol. The van der Waals surface area contributed by atoms with Gasteiger partial charge in [-0.15, -0.1) is 0 Å². The minimum atomic E-state index is -4.80. The predicted molar refractivity (Wildman–Crippen MR) is 57.1 cm³/mol. The van der Waals surface area contributed by atoms with E-state index in [2.05, 4.69) is 20.9 Å². The molecule has 0 amide bonds. The van der Waals surface area contributed by atoms with Crippen LogP contribution in [0.2, 0.25) is 0 Å². The van der Waals surface area contributed by atoms with Gasteiger partial charge in [-0.05, 0) is 28.1 Å². The van der Waals surface area contributed by atoms with E-state index >= 15 is 0 Å². The molecular formula is C8H7BrF3NO3S. The molecule has 1 aromatic heterocycles. The molecule has 0 aromatic carbocycles. The van der Waals surface area contributed by atoms with Gasteiger partial charge in [0.1, 0.15) is 10.5 Å². The maximum atomic E-state index is 12.6. The lowest BCUT2D eigenvalue weighted by molar-refractivity contribution is -0.146. The van der Waals surface area contributed by atoms with Gasteiger partial charge in [0.2, 0.25) is 0 Å². The van der Waals surface area contributed by atoms with E-state index in [4.69, 9.17) is 4.55 Å². The van der Waals surface area contributed by atoms with Crippen LogP contribution in [-0.2, 0) is 10.1 Å². The Labute approximate surface area is 104 Å². The van der Waals surface area contributed by atoms with Crippen LogP contribution in [0.25, 0.3) is 0 Å². The maximum absolute atomic E-state index is 12.6. The molecule has 96 valence electrons. The molecule has 1 rings (SSSR count). The molecule has 17 heavy (non-hydrogen) atoms. The third kappa shape index (κ3) is 4.60. The number of rotatable bonds is 3. The third-order valence-electron chi connectivity index (χ3n) is 1.87. The summed E-state index contributed by atoms with van der Waals surface area (Å²) < 4.78 is 67.7. The van der Waals surface area contributed by atoms with Gasteiger partial charge in [0.25, 0.3) is 10.1 Å². The van der Waals surface area contributed by atoms with Crippen LogP contribution in [-0.4, -0.2) is 29.9 Å². The minimum Gasteiger partial charge on any atom is -0.286 e. The van der Waals surface area contributed by atoms with Crippen molar-refractivity contribution in [1.82, 2.24) is 4.98 Å². The Hall–Kier alpha value is -0.670. The van der Waals surface area contributed by atoms with E-state index in [-0.39, 0.29) is 4.60 Å². The summed E-state index contributed by atoms with van der Waals surface area (Å²) in [5.41, 5.74) is -0.468. The summed E-state index contributed by atoms with van der Waals surface area (Å²) in [7, 11) is -4.74. The summed E-state index contributed by atoms with van der Waals surface area (Å²) in [6.07, 6.45) is -4.80. The molecule has 0 saturated heterocycles. The van der Waals surface area contributed by atoms with Gasteiger partial charge in [-0.2, -0.15) is 21.6 Å². The third-order valence-corrected chi connectivity index (χ3v) is 3.06. The largest absolute Gasteiger partial charge is 0.398 e. The number of hydrogen-bond donors (Lipinski definition) is 1. The van der Waals surface area contributed by atoms with Crippen molar-refractivity contribution in [3.8, 4) is 0 Å². The number of halogens is 4. The summed E-state index contributed by atoms with van der Waals surface area (Å²) >= 11 is 2.89. The molecule has 1 N–H and O–H groups in total. The second-order valence-electron chi connectivity index (χ2n) is 3.23. The van der Waals surface area contributed by atoms with Gasteiger partial charge in [0, 0.05) is 0 Å². The Balaban J connectivity index is 3.16. The molecule has 0 aliphatic carbocycles. The smallest absolute Gasteiger partial charge is 0.286 e. The van der Waals surface area contributed by atoms with Gasteiger partial charge in [0.15, 0.2) is 0 Å². The number of aromatic nitrogens is 1. The SMILES string of the molecule is O=S(=O)(O)CC(c1cccc(Br)n1)C(F)(F)F. The fourth-order valence-corrected chi connectivity index (χ4v) is 2.31. The first-order valence-electron chi connectivity index (χ1n) is 4.24. The van der Waals surface area contributed by atoms with Gasteiger partial charge in [-0.25, -0.2) is 4.98 Å². The number of nitrogens with zero attached hydrogens (tertiary/aromatic N) is 1. The molecule has 1 aromatic rings. The number of pyridine rings is 1. The van der Waals surface area contributed by atoms with Crippen molar-refractivity contribution < 1.29 is 26.1 Å². The maximum Gasteiger partial charge on any atom is 0.398 e. The summed E-state index contributed by atoms with van der Waals surface area (Å²) in [6, 6.07) is 3.76. The van der Waals surface area contributed by atoms with Crippen LogP contribution >= 0.6 is 15.9 Å². The Bertz CT molecular complexity index is 503. The summed E-state index contributed by atoms with van der Waals surface area (Å²) in [4.78, 5) is 3.55. The first kappa shape index (κ1) is 14.4. The molecule has 0 bridgehead atoms. The second-order valence-corrected chi connectivity index (χ2v) is 5.54. The topological polar surface area (TPSA) is 67.3 Å². The molecule has 1 unspecified atom stereocenters. The summed E-state index contributed by atoms with van der Waals surface area (Å²) in [6.45, 7) is 0. The molecule has 9 heteroatoms. The van der Waals surface area contributed by atoms with Crippen molar-refractivity contribution in [1.29, 1.82) is 0 Å². The quantitative estimate of drug-likeness (QED) is 0.681. The van der Waals surface area contributed by atoms with E-state index in [0.29, 0.717) is 0 Å². The molecule has 0 saturated carbocycles. The van der Waals surface area contributed by atoms with E-state index < -0.39 is 33.7 Å². The lowest BCUT2D eigenvalue weighted by Crippen LogP contribution is -2.28. The molecule has 1 heterocycles. The second kappa shape index (κ2) is 4.91. The van der Waals surface area contributed by atoms with Gasteiger partial charge >= 0.3 is 6.18 Å². The summed E-state index contributed by atoms with van der Waals surface area (Å²) in [5, 5.41) is 0. The van der Waals surface area contributed by atoms with Gasteiger partial charge < -0.3 is 0 Å². The van der Waals surface area contributed by atoms with Crippen molar-refractivity contribution in [3.05, 3.63) is 28.5 Å². The van der Waals surface area contributed by atoms with Crippen molar-refractivity contribution in [2.75, 3.05) is 5.75 Å². The molecule has 1 atom stereocenters. The summed E-state index contributed by atoms with van der Waals surface area (Å²) in [5.74, 6) is -3.80. The highest BCUT2D eigenvalue weighted by atomic mass is 79.9. The molecule has 0 aliphatic heterocycles. The number of hydrogen-bond acceptors (Lipinski definition) is 3. The van der Waals surface area contributed by atoms with E-state index in [1.807, 2.05) is 0 Å². The highest BCUT2D eigenvalue weighted by Crippen LogP contribution is 2.35. The fraction of sp³-hybridized carbons (Fsp3) is 0.375.